The molecule has 2 aromatic rings. The minimum atomic E-state index is -0.598. The van der Waals surface area contributed by atoms with E-state index in [2.05, 4.69) is 15.9 Å². The van der Waals surface area contributed by atoms with Gasteiger partial charge in [-0.2, -0.15) is 0 Å². The Bertz CT molecular complexity index is 469. The first-order valence-corrected chi connectivity index (χ1v) is 8.23. The van der Waals surface area contributed by atoms with Crippen molar-refractivity contribution < 1.29 is 14.6 Å². The van der Waals surface area contributed by atoms with Gasteiger partial charge < -0.3 is 14.6 Å². The Kier molecular flexibility index (Phi) is 7.60. The van der Waals surface area contributed by atoms with Crippen LogP contribution < -0.4 is 0 Å². The summed E-state index contributed by atoms with van der Waals surface area (Å²) < 4.78 is 11.1. The van der Waals surface area contributed by atoms with Crippen LogP contribution in [0.4, 0.5) is 0 Å². The van der Waals surface area contributed by atoms with Gasteiger partial charge in [-0.3, -0.25) is 0 Å². The minimum absolute atomic E-state index is 0.146. The van der Waals surface area contributed by atoms with Gasteiger partial charge in [-0.25, -0.2) is 0 Å². The Balaban J connectivity index is 1.61. The van der Waals surface area contributed by atoms with Crippen LogP contribution in [0, 0.1) is 0 Å². The molecular weight excluding hydrogens is 344 g/mol. The van der Waals surface area contributed by atoms with Crippen LogP contribution in [0.5, 0.6) is 0 Å². The third-order valence-corrected chi connectivity index (χ3v) is 4.08. The van der Waals surface area contributed by atoms with E-state index in [0.717, 1.165) is 11.1 Å². The quantitative estimate of drug-likeness (QED) is 0.691. The number of hydrogen-bond acceptors (Lipinski definition) is 3. The standard InChI is InChI=1S/C18H21BrO3/c19-17(13-21-11-15-7-3-1-4-8-15)18(20)14-22-12-16-9-5-2-6-10-16/h1-10,17-18,20H,11-14H2. The molecule has 0 saturated carbocycles. The van der Waals surface area contributed by atoms with E-state index in [4.69, 9.17) is 9.47 Å². The van der Waals surface area contributed by atoms with Crippen LogP contribution in [0.15, 0.2) is 60.7 Å². The number of aliphatic hydroxyl groups excluding tert-OH is 1. The first kappa shape index (κ1) is 17.2. The van der Waals surface area contributed by atoms with Crippen LogP contribution in [-0.2, 0) is 22.7 Å². The monoisotopic (exact) mass is 364 g/mol. The average Bonchev–Trinajstić information content (AvgIpc) is 2.56. The highest BCUT2D eigenvalue weighted by molar-refractivity contribution is 9.09. The zero-order chi connectivity index (χ0) is 15.6. The maximum atomic E-state index is 10.0. The van der Waals surface area contributed by atoms with Gasteiger partial charge in [0.05, 0.1) is 37.4 Å². The molecule has 0 aliphatic carbocycles. The van der Waals surface area contributed by atoms with Gasteiger partial charge in [-0.1, -0.05) is 76.6 Å². The van der Waals surface area contributed by atoms with Crippen LogP contribution in [0.1, 0.15) is 11.1 Å². The number of hydrogen-bond donors (Lipinski definition) is 1. The molecule has 2 unspecified atom stereocenters. The third kappa shape index (κ3) is 6.28. The highest BCUT2D eigenvalue weighted by Gasteiger charge is 2.16. The Morgan fingerprint density at radius 2 is 1.23 bits per heavy atom. The van der Waals surface area contributed by atoms with E-state index >= 15 is 0 Å². The Hall–Kier alpha value is -1.20. The predicted octanol–water partition coefficient (Wildman–Crippen LogP) is 3.54. The van der Waals surface area contributed by atoms with Crippen molar-refractivity contribution in [2.24, 2.45) is 0 Å². The van der Waals surface area contributed by atoms with Crippen LogP contribution in [-0.4, -0.2) is 29.3 Å². The van der Waals surface area contributed by atoms with Crippen molar-refractivity contribution in [1.29, 1.82) is 0 Å². The minimum Gasteiger partial charge on any atom is -0.389 e. The molecule has 0 fully saturated rings. The smallest absolute Gasteiger partial charge is 0.0920 e. The number of ether oxygens (including phenoxy) is 2. The van der Waals surface area contributed by atoms with Crippen LogP contribution in [0.3, 0.4) is 0 Å². The lowest BCUT2D eigenvalue weighted by molar-refractivity contribution is 0.0108. The van der Waals surface area contributed by atoms with E-state index in [1.54, 1.807) is 0 Å². The second-order valence-electron chi connectivity index (χ2n) is 5.08. The summed E-state index contributed by atoms with van der Waals surface area (Å²) >= 11 is 3.45. The van der Waals surface area contributed by atoms with Crippen molar-refractivity contribution in [3.8, 4) is 0 Å². The SMILES string of the molecule is OC(COCc1ccccc1)C(Br)COCc1ccccc1. The van der Waals surface area contributed by atoms with Gasteiger partial charge in [0.25, 0.3) is 0 Å². The van der Waals surface area contributed by atoms with Gasteiger partial charge >= 0.3 is 0 Å². The molecule has 4 heteroatoms. The first-order valence-electron chi connectivity index (χ1n) is 7.31. The molecule has 2 aromatic carbocycles. The summed E-state index contributed by atoms with van der Waals surface area (Å²) in [6, 6.07) is 19.9. The van der Waals surface area contributed by atoms with Crippen molar-refractivity contribution >= 4 is 15.9 Å². The number of benzene rings is 2. The molecule has 0 aliphatic rings. The van der Waals surface area contributed by atoms with E-state index in [1.165, 1.54) is 0 Å². The van der Waals surface area contributed by atoms with Gasteiger partial charge in [0.15, 0.2) is 0 Å². The Morgan fingerprint density at radius 3 is 1.73 bits per heavy atom. The molecule has 1 N–H and O–H groups in total. The number of aliphatic hydroxyl groups is 1. The largest absolute Gasteiger partial charge is 0.389 e. The molecule has 2 atom stereocenters. The van der Waals surface area contributed by atoms with Crippen LogP contribution in [0.25, 0.3) is 0 Å². The normalized spacial score (nSPS) is 13.7. The fourth-order valence-electron chi connectivity index (χ4n) is 1.95. The summed E-state index contributed by atoms with van der Waals surface area (Å²) in [5.74, 6) is 0. The van der Waals surface area contributed by atoms with E-state index in [9.17, 15) is 5.11 Å². The number of halogens is 1. The fourth-order valence-corrected chi connectivity index (χ4v) is 2.29. The average molecular weight is 365 g/mol. The molecule has 0 heterocycles. The number of alkyl halides is 1. The van der Waals surface area contributed by atoms with E-state index < -0.39 is 6.10 Å². The van der Waals surface area contributed by atoms with Crippen molar-refractivity contribution in [2.75, 3.05) is 13.2 Å². The second kappa shape index (κ2) is 9.74. The van der Waals surface area contributed by atoms with Crippen LogP contribution in [0.2, 0.25) is 0 Å². The molecule has 3 nitrogen and oxygen atoms in total. The van der Waals surface area contributed by atoms with E-state index in [-0.39, 0.29) is 11.4 Å². The highest BCUT2D eigenvalue weighted by Crippen LogP contribution is 2.10. The maximum absolute atomic E-state index is 10.0. The fraction of sp³-hybridized carbons (Fsp3) is 0.333. The Morgan fingerprint density at radius 1 is 0.773 bits per heavy atom. The zero-order valence-corrected chi connectivity index (χ0v) is 14.0. The molecule has 118 valence electrons. The molecule has 22 heavy (non-hydrogen) atoms. The van der Waals surface area contributed by atoms with Gasteiger partial charge in [-0.15, -0.1) is 0 Å². The predicted molar refractivity (Wildman–Crippen MR) is 90.9 cm³/mol. The van der Waals surface area contributed by atoms with Crippen molar-refractivity contribution in [2.45, 2.75) is 24.1 Å². The summed E-state index contributed by atoms with van der Waals surface area (Å²) in [6.07, 6.45) is -0.598. The van der Waals surface area contributed by atoms with Gasteiger partial charge in [0, 0.05) is 0 Å². The molecule has 0 radical (unpaired) electrons. The molecular formula is C18H21BrO3. The lowest BCUT2D eigenvalue weighted by Gasteiger charge is -2.17. The lowest BCUT2D eigenvalue weighted by Crippen LogP contribution is -2.29. The van der Waals surface area contributed by atoms with Crippen molar-refractivity contribution in [1.82, 2.24) is 0 Å². The molecule has 0 saturated heterocycles. The number of rotatable bonds is 9. The molecule has 2 rings (SSSR count). The van der Waals surface area contributed by atoms with Gasteiger partial charge in [-0.05, 0) is 11.1 Å². The summed E-state index contributed by atoms with van der Waals surface area (Å²) in [4.78, 5) is -0.146. The molecule has 0 amide bonds. The van der Waals surface area contributed by atoms with Gasteiger partial charge in [0.1, 0.15) is 0 Å². The van der Waals surface area contributed by atoms with Crippen molar-refractivity contribution in [3.63, 3.8) is 0 Å². The summed E-state index contributed by atoms with van der Waals surface area (Å²) in [6.45, 7) is 1.76. The van der Waals surface area contributed by atoms with E-state index in [1.807, 2.05) is 60.7 Å². The summed E-state index contributed by atoms with van der Waals surface area (Å²) in [7, 11) is 0. The zero-order valence-electron chi connectivity index (χ0n) is 12.4. The molecule has 0 bridgehead atoms. The van der Waals surface area contributed by atoms with E-state index in [0.29, 0.717) is 19.8 Å². The second-order valence-corrected chi connectivity index (χ2v) is 6.26. The topological polar surface area (TPSA) is 38.7 Å². The van der Waals surface area contributed by atoms with Gasteiger partial charge in [0.2, 0.25) is 0 Å². The van der Waals surface area contributed by atoms with Crippen molar-refractivity contribution in [3.05, 3.63) is 71.8 Å². The molecule has 0 spiro atoms. The Labute approximate surface area is 140 Å². The summed E-state index contributed by atoms with van der Waals surface area (Å²) in [5.41, 5.74) is 2.22. The lowest BCUT2D eigenvalue weighted by atomic mass is 10.2. The van der Waals surface area contributed by atoms with Crippen LogP contribution >= 0.6 is 15.9 Å². The molecule has 0 aliphatic heterocycles. The third-order valence-electron chi connectivity index (χ3n) is 3.21. The molecule has 0 aromatic heterocycles. The highest BCUT2D eigenvalue weighted by atomic mass is 79.9. The first-order chi connectivity index (χ1) is 10.8. The summed E-state index contributed by atoms with van der Waals surface area (Å²) in [5, 5.41) is 10.0. The maximum Gasteiger partial charge on any atom is 0.0920 e.